The average Bonchev–Trinajstić information content (AvgIpc) is 2.28. The van der Waals surface area contributed by atoms with Crippen LogP contribution in [0, 0.1) is 0 Å². The molecule has 0 aliphatic heterocycles. The summed E-state index contributed by atoms with van der Waals surface area (Å²) in [6, 6.07) is 8.94. The van der Waals surface area contributed by atoms with Gasteiger partial charge in [0.05, 0.1) is 0 Å². The molecule has 3 N–H and O–H groups in total. The Morgan fingerprint density at radius 2 is 1.94 bits per heavy atom. The maximum Gasteiger partial charge on any atom is 0.345 e. The van der Waals surface area contributed by atoms with E-state index >= 15 is 0 Å². The van der Waals surface area contributed by atoms with E-state index in [1.807, 2.05) is 30.3 Å². The zero-order valence-electron chi connectivity index (χ0n) is 8.81. The number of nitrogens with two attached hydrogens (primary N) is 1. The van der Waals surface area contributed by atoms with Gasteiger partial charge >= 0.3 is 12.0 Å². The van der Waals surface area contributed by atoms with Crippen LogP contribution in [-0.4, -0.2) is 12.0 Å². The standard InChI is InChI=1S/C11H14N2O3/c12-11(15)13-16-10(14)8-4-7-9-5-2-1-3-6-9/h1-3,5-6H,4,7-8H2,(H3,12,13,15). The second-order valence-corrected chi connectivity index (χ2v) is 3.28. The number of urea groups is 1. The molecule has 0 bridgehead atoms. The first-order valence-corrected chi connectivity index (χ1v) is 4.97. The molecule has 0 saturated carbocycles. The normalized spacial score (nSPS) is 9.50. The summed E-state index contributed by atoms with van der Waals surface area (Å²) in [6.45, 7) is 0. The zero-order valence-corrected chi connectivity index (χ0v) is 8.81. The summed E-state index contributed by atoms with van der Waals surface area (Å²) in [5, 5.41) is 0. The average molecular weight is 222 g/mol. The van der Waals surface area contributed by atoms with Crippen molar-refractivity contribution in [2.24, 2.45) is 5.73 Å². The molecule has 1 aromatic rings. The van der Waals surface area contributed by atoms with Gasteiger partial charge in [-0.15, -0.1) is 0 Å². The van der Waals surface area contributed by atoms with Gasteiger partial charge in [-0.2, -0.15) is 5.48 Å². The molecule has 0 radical (unpaired) electrons. The quantitative estimate of drug-likeness (QED) is 0.749. The summed E-state index contributed by atoms with van der Waals surface area (Å²) in [7, 11) is 0. The molecule has 1 aromatic carbocycles. The second-order valence-electron chi connectivity index (χ2n) is 3.28. The monoisotopic (exact) mass is 222 g/mol. The third-order valence-corrected chi connectivity index (χ3v) is 1.95. The van der Waals surface area contributed by atoms with Gasteiger partial charge in [0.15, 0.2) is 0 Å². The smallest absolute Gasteiger partial charge is 0.345 e. The highest BCUT2D eigenvalue weighted by atomic mass is 16.7. The van der Waals surface area contributed by atoms with E-state index in [0.717, 1.165) is 12.0 Å². The number of hydrogen-bond acceptors (Lipinski definition) is 3. The Morgan fingerprint density at radius 3 is 2.56 bits per heavy atom. The summed E-state index contributed by atoms with van der Waals surface area (Å²) < 4.78 is 0. The van der Waals surface area contributed by atoms with E-state index in [2.05, 4.69) is 4.84 Å². The Hall–Kier alpha value is -2.04. The van der Waals surface area contributed by atoms with Crippen LogP contribution >= 0.6 is 0 Å². The molecule has 5 heteroatoms. The van der Waals surface area contributed by atoms with Crippen LogP contribution in [-0.2, 0) is 16.1 Å². The van der Waals surface area contributed by atoms with E-state index in [4.69, 9.17) is 5.73 Å². The van der Waals surface area contributed by atoms with Crippen molar-refractivity contribution in [3.63, 3.8) is 0 Å². The van der Waals surface area contributed by atoms with Gasteiger partial charge < -0.3 is 10.6 Å². The largest absolute Gasteiger partial charge is 0.349 e. The fourth-order valence-electron chi connectivity index (χ4n) is 1.24. The fraction of sp³-hybridized carbons (Fsp3) is 0.273. The van der Waals surface area contributed by atoms with Crippen LogP contribution in [0.25, 0.3) is 0 Å². The van der Waals surface area contributed by atoms with Crippen molar-refractivity contribution in [2.75, 3.05) is 0 Å². The van der Waals surface area contributed by atoms with Gasteiger partial charge in [-0.1, -0.05) is 30.3 Å². The molecule has 0 aliphatic carbocycles. The number of nitrogens with one attached hydrogen (secondary N) is 1. The number of hydroxylamine groups is 1. The van der Waals surface area contributed by atoms with Gasteiger partial charge in [-0.05, 0) is 18.4 Å². The first kappa shape index (κ1) is 12.0. The Balaban J connectivity index is 2.16. The number of carbonyl (C=O) groups excluding carboxylic acids is 2. The molecule has 0 spiro atoms. The molecular weight excluding hydrogens is 208 g/mol. The minimum Gasteiger partial charge on any atom is -0.349 e. The number of primary amides is 1. The number of hydrogen-bond donors (Lipinski definition) is 2. The highest BCUT2D eigenvalue weighted by Crippen LogP contribution is 2.04. The third kappa shape index (κ3) is 4.99. The Bertz CT molecular complexity index is 352. The van der Waals surface area contributed by atoms with Gasteiger partial charge in [0.25, 0.3) is 0 Å². The maximum atomic E-state index is 11.0. The summed E-state index contributed by atoms with van der Waals surface area (Å²) in [5.41, 5.74) is 7.68. The molecule has 0 aromatic heterocycles. The molecule has 0 heterocycles. The van der Waals surface area contributed by atoms with E-state index in [-0.39, 0.29) is 6.42 Å². The number of benzene rings is 1. The summed E-state index contributed by atoms with van der Waals surface area (Å²) in [4.78, 5) is 25.7. The molecule has 0 aliphatic rings. The molecule has 0 fully saturated rings. The van der Waals surface area contributed by atoms with Crippen molar-refractivity contribution in [2.45, 2.75) is 19.3 Å². The Labute approximate surface area is 93.5 Å². The highest BCUT2D eigenvalue weighted by Gasteiger charge is 2.04. The number of carbonyl (C=O) groups is 2. The van der Waals surface area contributed by atoms with E-state index in [9.17, 15) is 9.59 Å². The van der Waals surface area contributed by atoms with Crippen molar-refractivity contribution >= 4 is 12.0 Å². The van der Waals surface area contributed by atoms with E-state index in [0.29, 0.717) is 6.42 Å². The van der Waals surface area contributed by atoms with Gasteiger partial charge in [0.2, 0.25) is 0 Å². The lowest BCUT2D eigenvalue weighted by molar-refractivity contribution is -0.148. The lowest BCUT2D eigenvalue weighted by atomic mass is 10.1. The van der Waals surface area contributed by atoms with Crippen LogP contribution in [0.5, 0.6) is 0 Å². The van der Waals surface area contributed by atoms with Crippen LogP contribution in [0.2, 0.25) is 0 Å². The Kier molecular flexibility index (Phi) is 4.85. The lowest BCUT2D eigenvalue weighted by Gasteiger charge is -2.03. The molecule has 0 unspecified atom stereocenters. The summed E-state index contributed by atoms with van der Waals surface area (Å²) in [6.07, 6.45) is 1.71. The zero-order chi connectivity index (χ0) is 11.8. The lowest BCUT2D eigenvalue weighted by Crippen LogP contribution is -2.31. The SMILES string of the molecule is NC(=O)NOC(=O)CCCc1ccccc1. The van der Waals surface area contributed by atoms with Crippen molar-refractivity contribution < 1.29 is 14.4 Å². The molecule has 2 amide bonds. The number of amides is 2. The van der Waals surface area contributed by atoms with Crippen molar-refractivity contribution in [1.82, 2.24) is 5.48 Å². The van der Waals surface area contributed by atoms with Crippen LogP contribution in [0.15, 0.2) is 30.3 Å². The van der Waals surface area contributed by atoms with Gasteiger partial charge in [0.1, 0.15) is 0 Å². The molecule has 0 atom stereocenters. The van der Waals surface area contributed by atoms with E-state index in [1.165, 1.54) is 0 Å². The van der Waals surface area contributed by atoms with Crippen LogP contribution < -0.4 is 11.2 Å². The molecule has 86 valence electrons. The first-order chi connectivity index (χ1) is 7.68. The Morgan fingerprint density at radius 1 is 1.25 bits per heavy atom. The van der Waals surface area contributed by atoms with Crippen LogP contribution in [0.4, 0.5) is 4.79 Å². The molecule has 5 nitrogen and oxygen atoms in total. The minimum absolute atomic E-state index is 0.245. The van der Waals surface area contributed by atoms with E-state index in [1.54, 1.807) is 5.48 Å². The van der Waals surface area contributed by atoms with Crippen LogP contribution in [0.3, 0.4) is 0 Å². The molecule has 16 heavy (non-hydrogen) atoms. The van der Waals surface area contributed by atoms with Crippen molar-refractivity contribution in [1.29, 1.82) is 0 Å². The molecule has 0 saturated heterocycles. The van der Waals surface area contributed by atoms with Gasteiger partial charge in [-0.3, -0.25) is 0 Å². The van der Waals surface area contributed by atoms with Gasteiger partial charge in [0, 0.05) is 6.42 Å². The van der Waals surface area contributed by atoms with E-state index < -0.39 is 12.0 Å². The van der Waals surface area contributed by atoms with Crippen molar-refractivity contribution in [3.05, 3.63) is 35.9 Å². The second kappa shape index (κ2) is 6.44. The third-order valence-electron chi connectivity index (χ3n) is 1.95. The summed E-state index contributed by atoms with van der Waals surface area (Å²) >= 11 is 0. The van der Waals surface area contributed by atoms with Gasteiger partial charge in [-0.25, -0.2) is 9.59 Å². The summed E-state index contributed by atoms with van der Waals surface area (Å²) in [5.74, 6) is -0.491. The van der Waals surface area contributed by atoms with Crippen LogP contribution in [0.1, 0.15) is 18.4 Å². The fourth-order valence-corrected chi connectivity index (χ4v) is 1.24. The topological polar surface area (TPSA) is 81.4 Å². The highest BCUT2D eigenvalue weighted by molar-refractivity contribution is 5.75. The number of aryl methyl sites for hydroxylation is 1. The predicted molar refractivity (Wildman–Crippen MR) is 58.2 cm³/mol. The minimum atomic E-state index is -0.878. The van der Waals surface area contributed by atoms with Crippen molar-refractivity contribution in [3.8, 4) is 0 Å². The molecule has 1 rings (SSSR count). The first-order valence-electron chi connectivity index (χ1n) is 4.97. The predicted octanol–water partition coefficient (Wildman–Crippen LogP) is 1.14. The maximum absolute atomic E-state index is 11.0. The number of rotatable bonds is 4. The molecular formula is C11H14N2O3.